The molecule has 0 saturated heterocycles. The molecule has 1 saturated carbocycles. The first-order chi connectivity index (χ1) is 46.2. The molecule has 1 fully saturated rings. The van der Waals surface area contributed by atoms with Crippen LogP contribution in [-0.2, 0) is 0 Å². The molecule has 13 rings (SSSR count). The van der Waals surface area contributed by atoms with Gasteiger partial charge in [0, 0.05) is 159 Å². The van der Waals surface area contributed by atoms with E-state index in [0.29, 0.717) is 123 Å². The van der Waals surface area contributed by atoms with Crippen molar-refractivity contribution >= 4 is 179 Å². The van der Waals surface area contributed by atoms with Crippen LogP contribution in [0.25, 0.3) is 39.2 Å². The monoisotopic (exact) mass is 1420 g/mol. The van der Waals surface area contributed by atoms with Gasteiger partial charge in [-0.15, -0.1) is 0 Å². The minimum atomic E-state index is -0.532. The first-order valence-electron chi connectivity index (χ1n) is 27.5. The van der Waals surface area contributed by atoms with Crippen LogP contribution in [0.15, 0.2) is 233 Å². The third-order valence-electron chi connectivity index (χ3n) is 14.9. The second kappa shape index (κ2) is 26.5. The molecule has 0 radical (unpaired) electrons. The van der Waals surface area contributed by atoms with Gasteiger partial charge in [0.15, 0.2) is 0 Å². The Kier molecular flexibility index (Phi) is 17.8. The molecule has 4 aliphatic heterocycles. The van der Waals surface area contributed by atoms with E-state index in [0.717, 1.165) is 0 Å². The Morgan fingerprint density at radius 2 is 0.260 bits per heavy atom. The number of nitrogens with zero attached hydrogens (tertiary/aromatic N) is 8. The fourth-order valence-electron chi connectivity index (χ4n) is 10.3. The van der Waals surface area contributed by atoms with Crippen LogP contribution >= 0.6 is 94.1 Å². The summed E-state index contributed by atoms with van der Waals surface area (Å²) in [4.78, 5) is 97.3. The maximum absolute atomic E-state index is 12.1. The maximum Gasteiger partial charge on any atom is 0.269 e. The zero-order chi connectivity index (χ0) is 67.4. The van der Waals surface area contributed by atoms with Crippen molar-refractivity contribution in [1.29, 1.82) is 0 Å². The molecule has 0 amide bonds. The minimum Gasteiger partial charge on any atom is -0.258 e. The van der Waals surface area contributed by atoms with E-state index in [4.69, 9.17) is 0 Å². The summed E-state index contributed by atoms with van der Waals surface area (Å²) < 4.78 is 2.56. The lowest BCUT2D eigenvalue weighted by molar-refractivity contribution is -0.385. The molecule has 0 atom stereocenters. The van der Waals surface area contributed by atoms with Crippen LogP contribution in [0, 0.1) is 80.9 Å². The van der Waals surface area contributed by atoms with E-state index in [1.54, 1.807) is 97.1 Å². The third-order valence-corrected chi connectivity index (χ3v) is 25.7. The Balaban J connectivity index is 1.11. The quantitative estimate of drug-likeness (QED) is 0.0640. The number of hydrogen-bond donors (Lipinski definition) is 0. The van der Waals surface area contributed by atoms with Crippen molar-refractivity contribution < 1.29 is 39.4 Å². The van der Waals surface area contributed by atoms with Gasteiger partial charge in [0.1, 0.15) is 0 Å². The van der Waals surface area contributed by atoms with Crippen LogP contribution < -0.4 is 0 Å². The maximum atomic E-state index is 12.1. The van der Waals surface area contributed by atoms with Crippen molar-refractivity contribution in [2.75, 3.05) is 0 Å². The topological polar surface area (TPSA) is 345 Å². The van der Waals surface area contributed by atoms with E-state index in [2.05, 4.69) is 0 Å². The smallest absolute Gasteiger partial charge is 0.258 e. The molecule has 8 aromatic rings. The summed E-state index contributed by atoms with van der Waals surface area (Å²) in [5.41, 5.74) is 5.44. The van der Waals surface area contributed by atoms with Crippen molar-refractivity contribution in [3.8, 4) is 0 Å². The second-order valence-corrected chi connectivity index (χ2v) is 29.7. The fraction of sp³-hybridized carbons (Fsp3) is 0. The van der Waals surface area contributed by atoms with Crippen LogP contribution in [-0.4, -0.2) is 39.4 Å². The molecule has 32 heteroatoms. The highest BCUT2D eigenvalue weighted by atomic mass is 32.2. The van der Waals surface area contributed by atoms with E-state index >= 15 is 0 Å². The van der Waals surface area contributed by atoms with Crippen LogP contribution in [0.1, 0.15) is 44.5 Å². The lowest BCUT2D eigenvalue weighted by Crippen LogP contribution is -2.17. The molecular formula is C64H32N8O16S8. The molecule has 472 valence electrons. The van der Waals surface area contributed by atoms with E-state index in [1.165, 1.54) is 191 Å². The minimum absolute atomic E-state index is 0.188. The first kappa shape index (κ1) is 64.4. The van der Waals surface area contributed by atoms with Crippen molar-refractivity contribution in [3.63, 3.8) is 0 Å². The Labute approximate surface area is 572 Å². The Hall–Kier alpha value is -10.3. The standard InChI is InChI=1S/C64H32N8O16S8/c73-65(74)41-17-1-33(2-18-41)53-54(34-3-19-42(20-4-34)66(75)76)90-61(89-53)49-50(62-91-55(35-5-21-43(22-6-35)67(77)78)56(92-62)36-7-23-44(24-8-36)68(79)80)52(64-95-59(39-13-29-47(30-14-39)71(85)86)60(96-64)40-15-31-48(32-16-40)72(87)88)51(49)63-93-57(37-9-25-45(26-10-37)69(81)82)58(94-63)38-11-27-46(28-12-38)70(83)84/h1-32H. The highest BCUT2D eigenvalue weighted by Crippen LogP contribution is 2.74. The average Bonchev–Trinajstić information content (AvgIpc) is 1.46. The molecule has 1 aliphatic carbocycles. The van der Waals surface area contributed by atoms with Gasteiger partial charge < -0.3 is 0 Å². The van der Waals surface area contributed by atoms with Gasteiger partial charge in [0.2, 0.25) is 0 Å². The number of non-ortho nitro benzene ring substituents is 8. The third kappa shape index (κ3) is 12.5. The van der Waals surface area contributed by atoms with Crippen molar-refractivity contribution in [2.45, 2.75) is 0 Å². The lowest BCUT2D eigenvalue weighted by Gasteiger charge is -2.35. The highest BCUT2D eigenvalue weighted by molar-refractivity contribution is 8.36. The number of hydrogen-bond acceptors (Lipinski definition) is 24. The molecule has 0 spiro atoms. The number of rotatable bonds is 16. The Morgan fingerprint density at radius 1 is 0.167 bits per heavy atom. The predicted octanol–water partition coefficient (Wildman–Crippen LogP) is 20.1. The molecule has 8 aromatic carbocycles. The fourth-order valence-corrected chi connectivity index (χ4v) is 21.6. The average molecular weight is 1430 g/mol. The molecule has 0 N–H and O–H groups in total. The highest BCUT2D eigenvalue weighted by Gasteiger charge is 2.47. The lowest BCUT2D eigenvalue weighted by atomic mass is 9.78. The molecule has 0 bridgehead atoms. The van der Waals surface area contributed by atoms with Gasteiger partial charge in [0.25, 0.3) is 45.5 Å². The van der Waals surface area contributed by atoms with Gasteiger partial charge in [-0.3, -0.25) is 80.9 Å². The number of thioether (sulfide) groups is 8. The number of benzene rings is 8. The van der Waals surface area contributed by atoms with Gasteiger partial charge in [-0.25, -0.2) is 0 Å². The van der Waals surface area contributed by atoms with Crippen LogP contribution in [0.2, 0.25) is 0 Å². The van der Waals surface area contributed by atoms with Crippen LogP contribution in [0.4, 0.5) is 45.5 Å². The van der Waals surface area contributed by atoms with Crippen molar-refractivity contribution in [1.82, 2.24) is 0 Å². The second-order valence-electron chi connectivity index (χ2n) is 20.5. The summed E-state index contributed by atoms with van der Waals surface area (Å²) in [5.74, 6) is 0. The summed E-state index contributed by atoms with van der Waals surface area (Å²) in [6.45, 7) is 0. The normalized spacial score (nSPS) is 15.5. The zero-order valence-electron chi connectivity index (χ0n) is 47.9. The molecule has 0 aromatic heterocycles. The van der Waals surface area contributed by atoms with E-state index in [1.807, 2.05) is 0 Å². The summed E-state index contributed by atoms with van der Waals surface area (Å²) >= 11 is 10.6. The van der Waals surface area contributed by atoms with Gasteiger partial charge in [-0.1, -0.05) is 94.1 Å². The van der Waals surface area contributed by atoms with Gasteiger partial charge in [0.05, 0.1) is 56.3 Å². The molecule has 4 heterocycles. The van der Waals surface area contributed by atoms with E-state index in [-0.39, 0.29) is 45.5 Å². The number of nitro groups is 8. The van der Waals surface area contributed by atoms with Crippen LogP contribution in [0.5, 0.6) is 0 Å². The number of nitro benzene ring substituents is 8. The molecule has 24 nitrogen and oxygen atoms in total. The zero-order valence-corrected chi connectivity index (χ0v) is 54.4. The summed E-state index contributed by atoms with van der Waals surface area (Å²) in [6.07, 6.45) is 0. The summed E-state index contributed by atoms with van der Waals surface area (Å²) in [6, 6.07) is 47.4. The Morgan fingerprint density at radius 3 is 0.344 bits per heavy atom. The predicted molar refractivity (Wildman–Crippen MR) is 381 cm³/mol. The van der Waals surface area contributed by atoms with Crippen molar-refractivity contribution in [3.05, 3.63) is 359 Å². The molecular weight excluding hydrogens is 1390 g/mol. The van der Waals surface area contributed by atoms with E-state index < -0.39 is 39.4 Å². The largest absolute Gasteiger partial charge is 0.269 e. The van der Waals surface area contributed by atoms with Gasteiger partial charge >= 0.3 is 0 Å². The van der Waals surface area contributed by atoms with Crippen molar-refractivity contribution in [2.24, 2.45) is 0 Å². The first-order valence-corrected chi connectivity index (χ1v) is 34.1. The SMILES string of the molecule is O=[N+]([O-])c1ccc(C2=C(c3ccc([N+](=O)[O-])cc3)SC(=C3C(=C4SC(c5ccc([N+](=O)[O-])cc5)=C(c5ccc([N+](=O)[O-])cc5)S4)C(=C4SC(c5ccc([N+](=O)[O-])cc5)=C(c5ccc([N+](=O)[O-])cc5)S4)C3=C3SC(c4ccc([N+](=O)[O-])cc4)=C(c4ccc([N+](=O)[O-])cc4)S3)S2)cc1. The number of allylic oxidation sites excluding steroid dienone is 4. The van der Waals surface area contributed by atoms with E-state index in [9.17, 15) is 80.9 Å². The molecule has 96 heavy (non-hydrogen) atoms. The summed E-state index contributed by atoms with van der Waals surface area (Å²) in [5, 5.41) is 96.7. The molecule has 5 aliphatic rings. The Bertz CT molecular complexity index is 4120. The molecule has 0 unspecified atom stereocenters. The van der Waals surface area contributed by atoms with Gasteiger partial charge in [-0.05, 0) is 142 Å². The van der Waals surface area contributed by atoms with Crippen LogP contribution in [0.3, 0.4) is 0 Å². The summed E-state index contributed by atoms with van der Waals surface area (Å²) in [7, 11) is 0. The van der Waals surface area contributed by atoms with Gasteiger partial charge in [-0.2, -0.15) is 0 Å².